The third-order valence-corrected chi connectivity index (χ3v) is 6.91. The van der Waals surface area contributed by atoms with Crippen molar-refractivity contribution in [3.63, 3.8) is 0 Å². The zero-order valence-corrected chi connectivity index (χ0v) is 25.1. The van der Waals surface area contributed by atoms with Crippen LogP contribution in [0.3, 0.4) is 0 Å². The average molecular weight is 595 g/mol. The van der Waals surface area contributed by atoms with E-state index in [9.17, 15) is 19.2 Å². The second kappa shape index (κ2) is 14.3. The maximum absolute atomic E-state index is 14.0. The van der Waals surface area contributed by atoms with Crippen molar-refractivity contribution in [1.82, 2.24) is 20.9 Å². The number of aromatic nitrogens is 1. The lowest BCUT2D eigenvalue weighted by Gasteiger charge is -2.37. The largest absolute Gasteiger partial charge is 0.444 e. The minimum Gasteiger partial charge on any atom is -0.444 e. The van der Waals surface area contributed by atoms with Crippen LogP contribution < -0.4 is 21.5 Å². The Labute approximate surface area is 257 Å². The molecule has 0 saturated carbocycles. The summed E-state index contributed by atoms with van der Waals surface area (Å²) in [6, 6.07) is 30.7. The Balaban J connectivity index is 1.62. The molecule has 1 heterocycles. The average Bonchev–Trinajstić information content (AvgIpc) is 3.01. The second-order valence-electron chi connectivity index (χ2n) is 11.4. The van der Waals surface area contributed by atoms with Crippen LogP contribution in [0.5, 0.6) is 0 Å². The molecule has 3 amide bonds. The van der Waals surface area contributed by atoms with E-state index in [-0.39, 0.29) is 18.5 Å². The molecule has 228 valence electrons. The first-order valence-corrected chi connectivity index (χ1v) is 14.5. The number of hydrogen-bond donors (Lipinski definition) is 4. The van der Waals surface area contributed by atoms with Crippen molar-refractivity contribution in [2.24, 2.45) is 0 Å². The highest BCUT2D eigenvalue weighted by Gasteiger charge is 2.39. The highest BCUT2D eigenvalue weighted by Crippen LogP contribution is 2.36. The number of benzene rings is 3. The van der Waals surface area contributed by atoms with Crippen LogP contribution in [0.4, 0.5) is 4.79 Å². The molecule has 9 nitrogen and oxygen atoms in total. The Morgan fingerprint density at radius 2 is 1.30 bits per heavy atom. The van der Waals surface area contributed by atoms with Gasteiger partial charge in [0, 0.05) is 18.8 Å². The lowest BCUT2D eigenvalue weighted by Crippen LogP contribution is -2.53. The van der Waals surface area contributed by atoms with Crippen LogP contribution in [-0.4, -0.2) is 41.1 Å². The lowest BCUT2D eigenvalue weighted by atomic mass is 9.77. The van der Waals surface area contributed by atoms with Gasteiger partial charge in [0.2, 0.25) is 17.4 Å². The second-order valence-corrected chi connectivity index (χ2v) is 11.4. The standard InChI is InChI=1S/C35H38N4O5/c1-34(2,3)44-33(43)38-29(32(42)36-22-21-25-19-20-30(40)37-24-25)23-31(41)39-35(26-13-7-4-8-14-26,27-15-9-5-10-16-27)28-17-11-6-12-18-28/h4-20,24,29H,21-23H2,1-3H3,(H,36,42)(H,37,40)(H,38,43)(H,39,41). The molecule has 0 radical (unpaired) electrons. The van der Waals surface area contributed by atoms with Gasteiger partial charge in [-0.25, -0.2) is 4.79 Å². The summed E-state index contributed by atoms with van der Waals surface area (Å²) in [5.74, 6) is -1.00. The minimum absolute atomic E-state index is 0.219. The zero-order chi connectivity index (χ0) is 31.6. The molecule has 4 rings (SSSR count). The van der Waals surface area contributed by atoms with E-state index >= 15 is 0 Å². The Hall–Kier alpha value is -5.18. The van der Waals surface area contributed by atoms with Crippen molar-refractivity contribution in [2.75, 3.05) is 6.54 Å². The molecule has 0 fully saturated rings. The van der Waals surface area contributed by atoms with E-state index in [1.54, 1.807) is 33.0 Å². The molecule has 44 heavy (non-hydrogen) atoms. The van der Waals surface area contributed by atoms with Crippen LogP contribution in [0.25, 0.3) is 0 Å². The van der Waals surface area contributed by atoms with Gasteiger partial charge >= 0.3 is 6.09 Å². The van der Waals surface area contributed by atoms with Gasteiger partial charge in [-0.3, -0.25) is 14.4 Å². The zero-order valence-electron chi connectivity index (χ0n) is 25.1. The summed E-state index contributed by atoms with van der Waals surface area (Å²) >= 11 is 0. The highest BCUT2D eigenvalue weighted by molar-refractivity contribution is 5.91. The van der Waals surface area contributed by atoms with Crippen molar-refractivity contribution in [2.45, 2.75) is 50.8 Å². The predicted molar refractivity (Wildman–Crippen MR) is 169 cm³/mol. The predicted octanol–water partition coefficient (Wildman–Crippen LogP) is 4.43. The molecule has 0 spiro atoms. The molecule has 1 unspecified atom stereocenters. The Kier molecular flexibility index (Phi) is 10.3. The van der Waals surface area contributed by atoms with E-state index in [2.05, 4.69) is 20.9 Å². The number of nitrogens with one attached hydrogen (secondary N) is 4. The molecule has 1 aromatic heterocycles. The van der Waals surface area contributed by atoms with Gasteiger partial charge < -0.3 is 25.7 Å². The van der Waals surface area contributed by atoms with E-state index in [0.29, 0.717) is 6.42 Å². The summed E-state index contributed by atoms with van der Waals surface area (Å²) in [5, 5.41) is 8.61. The molecule has 4 N–H and O–H groups in total. The van der Waals surface area contributed by atoms with Gasteiger partial charge in [-0.05, 0) is 49.4 Å². The molecule has 0 aliphatic rings. The third kappa shape index (κ3) is 8.44. The quantitative estimate of drug-likeness (QED) is 0.191. The number of hydrogen-bond acceptors (Lipinski definition) is 5. The summed E-state index contributed by atoms with van der Waals surface area (Å²) in [4.78, 5) is 54.1. The van der Waals surface area contributed by atoms with Gasteiger partial charge in [-0.15, -0.1) is 0 Å². The molecular formula is C35H38N4O5. The fourth-order valence-electron chi connectivity index (χ4n) is 4.94. The number of alkyl carbamates (subject to hydrolysis) is 1. The summed E-state index contributed by atoms with van der Waals surface area (Å²) in [6.07, 6.45) is 0.853. The molecule has 0 bridgehead atoms. The topological polar surface area (TPSA) is 129 Å². The third-order valence-electron chi connectivity index (χ3n) is 6.91. The monoisotopic (exact) mass is 594 g/mol. The van der Waals surface area contributed by atoms with Crippen molar-refractivity contribution in [3.8, 4) is 0 Å². The summed E-state index contributed by atoms with van der Waals surface area (Å²) in [5.41, 5.74) is 1.19. The maximum Gasteiger partial charge on any atom is 0.408 e. The van der Waals surface area contributed by atoms with Gasteiger partial charge in [0.25, 0.3) is 0 Å². The molecule has 0 aliphatic heterocycles. The van der Waals surface area contributed by atoms with E-state index in [0.717, 1.165) is 22.3 Å². The van der Waals surface area contributed by atoms with E-state index in [1.165, 1.54) is 6.07 Å². The van der Waals surface area contributed by atoms with Gasteiger partial charge in [-0.1, -0.05) is 97.1 Å². The summed E-state index contributed by atoms with van der Waals surface area (Å²) in [6.45, 7) is 5.37. The van der Waals surface area contributed by atoms with Crippen molar-refractivity contribution >= 4 is 17.9 Å². The normalized spacial score (nSPS) is 12.1. The number of aromatic amines is 1. The summed E-state index contributed by atoms with van der Waals surface area (Å²) < 4.78 is 5.40. The first kappa shape index (κ1) is 31.7. The van der Waals surface area contributed by atoms with Gasteiger partial charge in [0.15, 0.2) is 0 Å². The van der Waals surface area contributed by atoms with Crippen LogP contribution in [0.15, 0.2) is 114 Å². The smallest absolute Gasteiger partial charge is 0.408 e. The number of pyridine rings is 1. The van der Waals surface area contributed by atoms with Crippen molar-refractivity contribution in [3.05, 3.63) is 142 Å². The van der Waals surface area contributed by atoms with Crippen LogP contribution >= 0.6 is 0 Å². The Morgan fingerprint density at radius 3 is 1.75 bits per heavy atom. The number of carbonyl (C=O) groups excluding carboxylic acids is 3. The van der Waals surface area contributed by atoms with Crippen molar-refractivity contribution in [1.29, 1.82) is 0 Å². The molecular weight excluding hydrogens is 556 g/mol. The Bertz CT molecular complexity index is 1480. The number of amides is 3. The van der Waals surface area contributed by atoms with E-state index < -0.39 is 35.1 Å². The fraction of sp³-hybridized carbons (Fsp3) is 0.257. The molecule has 0 saturated heterocycles. The van der Waals surface area contributed by atoms with Crippen LogP contribution in [0, 0.1) is 0 Å². The van der Waals surface area contributed by atoms with Gasteiger partial charge in [0.05, 0.1) is 6.42 Å². The SMILES string of the molecule is CC(C)(C)OC(=O)NC(CC(=O)NC(c1ccccc1)(c1ccccc1)c1ccccc1)C(=O)NCCc1ccc(=O)[nH]c1. The number of rotatable bonds is 11. The van der Waals surface area contributed by atoms with E-state index in [4.69, 9.17) is 4.74 Å². The first-order valence-electron chi connectivity index (χ1n) is 14.5. The van der Waals surface area contributed by atoms with Gasteiger partial charge in [-0.2, -0.15) is 0 Å². The number of H-pyrrole nitrogens is 1. The molecule has 4 aromatic rings. The maximum atomic E-state index is 14.0. The lowest BCUT2D eigenvalue weighted by molar-refractivity contribution is -0.129. The minimum atomic E-state index is -1.22. The van der Waals surface area contributed by atoms with E-state index in [1.807, 2.05) is 91.0 Å². The van der Waals surface area contributed by atoms with Gasteiger partial charge in [0.1, 0.15) is 17.2 Å². The number of carbonyl (C=O) groups is 3. The molecule has 1 atom stereocenters. The van der Waals surface area contributed by atoms with Crippen LogP contribution in [-0.2, 0) is 26.3 Å². The Morgan fingerprint density at radius 1 is 0.773 bits per heavy atom. The van der Waals surface area contributed by atoms with Crippen molar-refractivity contribution < 1.29 is 19.1 Å². The molecule has 9 heteroatoms. The number of ether oxygens (including phenoxy) is 1. The van der Waals surface area contributed by atoms with Crippen LogP contribution in [0.2, 0.25) is 0 Å². The first-order chi connectivity index (χ1) is 21.1. The fourth-order valence-corrected chi connectivity index (χ4v) is 4.94. The highest BCUT2D eigenvalue weighted by atomic mass is 16.6. The molecule has 0 aliphatic carbocycles. The summed E-state index contributed by atoms with van der Waals surface area (Å²) in [7, 11) is 0. The van der Waals surface area contributed by atoms with Crippen LogP contribution in [0.1, 0.15) is 49.4 Å². The molecule has 3 aromatic carbocycles.